The molecule has 2 nitrogen and oxygen atoms in total. The smallest absolute Gasteiger partial charge is 0.139 e. The van der Waals surface area contributed by atoms with Crippen molar-refractivity contribution in [1.29, 1.82) is 0 Å². The number of aryl methyl sites for hydroxylation is 2. The van der Waals surface area contributed by atoms with Gasteiger partial charge in [-0.15, -0.1) is 0 Å². The van der Waals surface area contributed by atoms with Crippen molar-refractivity contribution in [2.45, 2.75) is 40.2 Å². The van der Waals surface area contributed by atoms with Gasteiger partial charge in [-0.1, -0.05) is 24.6 Å². The van der Waals surface area contributed by atoms with Crippen LogP contribution in [0.5, 0.6) is 0 Å². The van der Waals surface area contributed by atoms with E-state index >= 15 is 0 Å². The number of carbonyl (C=O) groups is 1. The first-order chi connectivity index (χ1) is 8.00. The largest absolute Gasteiger partial charge is 0.367 e. The fraction of sp³-hybridized carbons (Fsp3) is 0.533. The van der Waals surface area contributed by atoms with Gasteiger partial charge in [0.15, 0.2) is 0 Å². The van der Waals surface area contributed by atoms with Gasteiger partial charge in [0.05, 0.1) is 0 Å². The molecule has 0 N–H and O–H groups in total. The Kier molecular flexibility index (Phi) is 3.23. The van der Waals surface area contributed by atoms with Gasteiger partial charge in [0.1, 0.15) is 5.78 Å². The lowest BCUT2D eigenvalue weighted by Gasteiger charge is -2.39. The van der Waals surface area contributed by atoms with Gasteiger partial charge in [-0.2, -0.15) is 0 Å². The number of hydrogen-bond donors (Lipinski definition) is 0. The Labute approximate surface area is 104 Å². The molecular formula is C15H21NO. The van der Waals surface area contributed by atoms with E-state index in [4.69, 9.17) is 0 Å². The topological polar surface area (TPSA) is 20.3 Å². The summed E-state index contributed by atoms with van der Waals surface area (Å²) in [6.07, 6.45) is 0.679. The summed E-state index contributed by atoms with van der Waals surface area (Å²) in [5, 5.41) is 0. The SMILES string of the molecule is Cc1ccc(N2CCC(=O)C(C)C2C)c(C)c1. The molecule has 1 saturated heterocycles. The van der Waals surface area contributed by atoms with Crippen LogP contribution in [0.15, 0.2) is 18.2 Å². The summed E-state index contributed by atoms with van der Waals surface area (Å²) in [6.45, 7) is 9.32. The van der Waals surface area contributed by atoms with Crippen LogP contribution < -0.4 is 4.90 Å². The molecule has 1 aromatic carbocycles. The number of anilines is 1. The molecule has 2 heteroatoms. The Bertz CT molecular complexity index is 439. The Morgan fingerprint density at radius 3 is 2.59 bits per heavy atom. The molecule has 2 rings (SSSR count). The van der Waals surface area contributed by atoms with Crippen LogP contribution >= 0.6 is 0 Å². The Morgan fingerprint density at radius 1 is 1.24 bits per heavy atom. The first-order valence-electron chi connectivity index (χ1n) is 6.37. The van der Waals surface area contributed by atoms with Gasteiger partial charge in [0.25, 0.3) is 0 Å². The minimum atomic E-state index is 0.143. The lowest BCUT2D eigenvalue weighted by molar-refractivity contribution is -0.123. The van der Waals surface area contributed by atoms with Crippen molar-refractivity contribution in [2.75, 3.05) is 11.4 Å². The number of carbonyl (C=O) groups excluding carboxylic acids is 1. The molecule has 0 radical (unpaired) electrons. The molecule has 92 valence electrons. The first-order valence-corrected chi connectivity index (χ1v) is 6.37. The molecule has 1 heterocycles. The van der Waals surface area contributed by atoms with Crippen molar-refractivity contribution in [2.24, 2.45) is 5.92 Å². The number of rotatable bonds is 1. The van der Waals surface area contributed by atoms with E-state index in [0.29, 0.717) is 18.2 Å². The van der Waals surface area contributed by atoms with Crippen molar-refractivity contribution < 1.29 is 4.79 Å². The molecule has 2 unspecified atom stereocenters. The van der Waals surface area contributed by atoms with Crippen molar-refractivity contribution in [1.82, 2.24) is 0 Å². The number of ketones is 1. The molecule has 0 bridgehead atoms. The van der Waals surface area contributed by atoms with E-state index in [-0.39, 0.29) is 5.92 Å². The maximum absolute atomic E-state index is 11.7. The minimum absolute atomic E-state index is 0.143. The van der Waals surface area contributed by atoms with Crippen molar-refractivity contribution in [3.8, 4) is 0 Å². The van der Waals surface area contributed by atoms with Gasteiger partial charge in [0, 0.05) is 30.6 Å². The standard InChI is InChI=1S/C15H21NO/c1-10-5-6-14(11(2)9-10)16-8-7-15(17)12(3)13(16)4/h5-6,9,12-13H,7-8H2,1-4H3. The molecule has 17 heavy (non-hydrogen) atoms. The molecule has 1 fully saturated rings. The molecular weight excluding hydrogens is 210 g/mol. The monoisotopic (exact) mass is 231 g/mol. The molecule has 1 aliphatic rings. The van der Waals surface area contributed by atoms with Crippen LogP contribution in [-0.2, 0) is 4.79 Å². The van der Waals surface area contributed by atoms with Crippen LogP contribution in [0, 0.1) is 19.8 Å². The van der Waals surface area contributed by atoms with E-state index in [1.807, 2.05) is 6.92 Å². The molecule has 0 spiro atoms. The highest BCUT2D eigenvalue weighted by Crippen LogP contribution is 2.29. The van der Waals surface area contributed by atoms with Crippen LogP contribution in [0.2, 0.25) is 0 Å². The maximum Gasteiger partial charge on any atom is 0.139 e. The summed E-state index contributed by atoms with van der Waals surface area (Å²) in [4.78, 5) is 14.1. The van der Waals surface area contributed by atoms with Crippen molar-refractivity contribution in [3.63, 3.8) is 0 Å². The summed E-state index contributed by atoms with van der Waals surface area (Å²) in [5.74, 6) is 0.544. The summed E-state index contributed by atoms with van der Waals surface area (Å²) in [5.41, 5.74) is 3.88. The van der Waals surface area contributed by atoms with Crippen LogP contribution in [0.4, 0.5) is 5.69 Å². The normalized spacial score (nSPS) is 25.2. The highest BCUT2D eigenvalue weighted by molar-refractivity contribution is 5.84. The number of benzene rings is 1. The molecule has 0 aliphatic carbocycles. The highest BCUT2D eigenvalue weighted by Gasteiger charge is 2.31. The van der Waals surface area contributed by atoms with E-state index in [0.717, 1.165) is 6.54 Å². The predicted octanol–water partition coefficient (Wildman–Crippen LogP) is 3.11. The summed E-state index contributed by atoms with van der Waals surface area (Å²) in [7, 11) is 0. The van der Waals surface area contributed by atoms with Crippen molar-refractivity contribution in [3.05, 3.63) is 29.3 Å². The quantitative estimate of drug-likeness (QED) is 0.740. The van der Waals surface area contributed by atoms with Gasteiger partial charge in [-0.25, -0.2) is 0 Å². The second-order valence-electron chi connectivity index (χ2n) is 5.23. The lowest BCUT2D eigenvalue weighted by atomic mass is 9.90. The number of Topliss-reactive ketones (excluding diaryl/α,β-unsaturated/α-hetero) is 1. The number of hydrogen-bond acceptors (Lipinski definition) is 2. The summed E-state index contributed by atoms with van der Waals surface area (Å²) < 4.78 is 0. The minimum Gasteiger partial charge on any atom is -0.367 e. The second kappa shape index (κ2) is 4.52. The predicted molar refractivity (Wildman–Crippen MR) is 71.5 cm³/mol. The van der Waals surface area contributed by atoms with Gasteiger partial charge in [0.2, 0.25) is 0 Å². The fourth-order valence-corrected chi connectivity index (χ4v) is 2.67. The van der Waals surface area contributed by atoms with E-state index in [2.05, 4.69) is 43.9 Å². The third-order valence-electron chi connectivity index (χ3n) is 3.98. The number of piperidine rings is 1. The molecule has 0 amide bonds. The van der Waals surface area contributed by atoms with Crippen LogP contribution in [0.1, 0.15) is 31.4 Å². The van der Waals surface area contributed by atoms with Gasteiger partial charge < -0.3 is 4.90 Å². The summed E-state index contributed by atoms with van der Waals surface area (Å²) in [6, 6.07) is 6.85. The molecule has 0 aromatic heterocycles. The molecule has 0 saturated carbocycles. The average Bonchev–Trinajstić information content (AvgIpc) is 2.28. The summed E-state index contributed by atoms with van der Waals surface area (Å²) >= 11 is 0. The zero-order valence-electron chi connectivity index (χ0n) is 11.2. The van der Waals surface area contributed by atoms with E-state index in [1.54, 1.807) is 0 Å². The van der Waals surface area contributed by atoms with Crippen LogP contribution in [0.25, 0.3) is 0 Å². The molecule has 1 aliphatic heterocycles. The lowest BCUT2D eigenvalue weighted by Crippen LogP contribution is -2.47. The maximum atomic E-state index is 11.7. The van der Waals surface area contributed by atoms with Gasteiger partial charge in [-0.05, 0) is 32.4 Å². The zero-order chi connectivity index (χ0) is 12.6. The molecule has 1 aromatic rings. The zero-order valence-corrected chi connectivity index (χ0v) is 11.2. The third-order valence-corrected chi connectivity index (χ3v) is 3.98. The van der Waals surface area contributed by atoms with E-state index in [1.165, 1.54) is 16.8 Å². The van der Waals surface area contributed by atoms with E-state index < -0.39 is 0 Å². The van der Waals surface area contributed by atoms with Crippen LogP contribution in [0.3, 0.4) is 0 Å². The van der Waals surface area contributed by atoms with Crippen LogP contribution in [-0.4, -0.2) is 18.4 Å². The van der Waals surface area contributed by atoms with Crippen molar-refractivity contribution >= 4 is 11.5 Å². The fourth-order valence-electron chi connectivity index (χ4n) is 2.67. The van der Waals surface area contributed by atoms with Gasteiger partial charge >= 0.3 is 0 Å². The molecule has 2 atom stereocenters. The Hall–Kier alpha value is -1.31. The Morgan fingerprint density at radius 2 is 1.94 bits per heavy atom. The average molecular weight is 231 g/mol. The second-order valence-corrected chi connectivity index (χ2v) is 5.23. The van der Waals surface area contributed by atoms with E-state index in [9.17, 15) is 4.79 Å². The third kappa shape index (κ3) is 2.21. The number of nitrogens with zero attached hydrogens (tertiary/aromatic N) is 1. The Balaban J connectivity index is 2.31. The highest BCUT2D eigenvalue weighted by atomic mass is 16.1. The first kappa shape index (κ1) is 12.2. The van der Waals surface area contributed by atoms with Gasteiger partial charge in [-0.3, -0.25) is 4.79 Å².